The van der Waals surface area contributed by atoms with Crippen molar-refractivity contribution in [1.82, 2.24) is 5.32 Å². The molecule has 1 aromatic rings. The number of carbonyl (C=O) groups excluding carboxylic acids is 2. The number of anilines is 1. The summed E-state index contributed by atoms with van der Waals surface area (Å²) in [6, 6.07) is 1.65. The van der Waals surface area contributed by atoms with E-state index in [9.17, 15) is 14.0 Å². The fraction of sp³-hybridized carbons (Fsp3) is 0.200. The first-order valence-corrected chi connectivity index (χ1v) is 4.98. The largest absolute Gasteiger partial charge is 0.340 e. The van der Waals surface area contributed by atoms with Crippen molar-refractivity contribution in [2.45, 2.75) is 13.0 Å². The molecule has 1 unspecified atom stereocenters. The molecule has 2 amide bonds. The van der Waals surface area contributed by atoms with Gasteiger partial charge in [0.15, 0.2) is 0 Å². The van der Waals surface area contributed by atoms with E-state index in [1.54, 1.807) is 0 Å². The Morgan fingerprint density at radius 2 is 2.06 bits per heavy atom. The normalized spacial score (nSPS) is 19.6. The molecule has 0 fully saturated rings. The number of benzene rings is 1. The van der Waals surface area contributed by atoms with Crippen molar-refractivity contribution in [1.29, 1.82) is 0 Å². The monoisotopic (exact) mass is 242 g/mol. The van der Waals surface area contributed by atoms with Crippen molar-refractivity contribution in [3.05, 3.63) is 28.5 Å². The van der Waals surface area contributed by atoms with E-state index in [0.29, 0.717) is 0 Å². The summed E-state index contributed by atoms with van der Waals surface area (Å²) in [5.41, 5.74) is -0.210. The van der Waals surface area contributed by atoms with Gasteiger partial charge in [0, 0.05) is 0 Å². The van der Waals surface area contributed by atoms with Crippen molar-refractivity contribution in [2.24, 2.45) is 0 Å². The lowest BCUT2D eigenvalue weighted by atomic mass is 10.1. The maximum Gasteiger partial charge on any atom is 0.257 e. The Kier molecular flexibility index (Phi) is 2.55. The van der Waals surface area contributed by atoms with E-state index < -0.39 is 23.7 Å². The predicted octanol–water partition coefficient (Wildman–Crippen LogP) is 1.55. The highest BCUT2D eigenvalue weighted by Gasteiger charge is 2.28. The Balaban J connectivity index is 2.64. The van der Waals surface area contributed by atoms with Gasteiger partial charge in [-0.2, -0.15) is 0 Å². The number of hydrogen-bond donors (Lipinski definition) is 2. The van der Waals surface area contributed by atoms with Gasteiger partial charge in [-0.3, -0.25) is 9.59 Å². The van der Waals surface area contributed by atoms with Gasteiger partial charge < -0.3 is 10.6 Å². The van der Waals surface area contributed by atoms with Crippen LogP contribution in [0.3, 0.4) is 0 Å². The van der Waals surface area contributed by atoms with E-state index in [0.717, 1.165) is 6.07 Å². The van der Waals surface area contributed by atoms with E-state index in [1.165, 1.54) is 13.0 Å². The molecule has 84 valence electrons. The summed E-state index contributed by atoms with van der Waals surface area (Å²) in [6.07, 6.45) is 0. The molecule has 4 nitrogen and oxygen atoms in total. The summed E-state index contributed by atoms with van der Waals surface area (Å²) in [5, 5.41) is 4.92. The van der Waals surface area contributed by atoms with Crippen LogP contribution in [0.15, 0.2) is 12.1 Å². The average Bonchev–Trinajstić information content (AvgIpc) is 2.33. The lowest BCUT2D eigenvalue weighted by molar-refractivity contribution is -0.117. The third-order valence-electron chi connectivity index (χ3n) is 2.32. The van der Waals surface area contributed by atoms with E-state index in [2.05, 4.69) is 10.6 Å². The van der Waals surface area contributed by atoms with Crippen LogP contribution in [-0.2, 0) is 4.79 Å². The highest BCUT2D eigenvalue weighted by Crippen LogP contribution is 2.29. The van der Waals surface area contributed by atoms with Gasteiger partial charge in [0.25, 0.3) is 5.91 Å². The zero-order valence-corrected chi connectivity index (χ0v) is 9.06. The predicted molar refractivity (Wildman–Crippen MR) is 57.0 cm³/mol. The van der Waals surface area contributed by atoms with E-state index >= 15 is 0 Å². The van der Waals surface area contributed by atoms with E-state index in [-0.39, 0.29) is 16.3 Å². The average molecular weight is 243 g/mol. The Morgan fingerprint density at radius 3 is 2.75 bits per heavy atom. The molecule has 0 bridgehead atoms. The van der Waals surface area contributed by atoms with Crippen LogP contribution in [0, 0.1) is 5.82 Å². The first-order chi connectivity index (χ1) is 7.50. The zero-order chi connectivity index (χ0) is 11.9. The third kappa shape index (κ3) is 1.63. The molecule has 2 N–H and O–H groups in total. The molecule has 16 heavy (non-hydrogen) atoms. The van der Waals surface area contributed by atoms with Crippen LogP contribution < -0.4 is 10.6 Å². The number of carbonyl (C=O) groups is 2. The van der Waals surface area contributed by atoms with Crippen LogP contribution in [0.2, 0.25) is 5.02 Å². The minimum atomic E-state index is -0.727. The van der Waals surface area contributed by atoms with Crippen LogP contribution in [0.1, 0.15) is 17.3 Å². The minimum absolute atomic E-state index is 0.0218. The minimum Gasteiger partial charge on any atom is -0.340 e. The first-order valence-electron chi connectivity index (χ1n) is 4.60. The summed E-state index contributed by atoms with van der Waals surface area (Å²) in [5.74, 6) is -1.80. The second-order valence-corrected chi connectivity index (χ2v) is 3.87. The topological polar surface area (TPSA) is 58.2 Å². The third-order valence-corrected chi connectivity index (χ3v) is 2.63. The fourth-order valence-electron chi connectivity index (χ4n) is 1.46. The van der Waals surface area contributed by atoms with Gasteiger partial charge in [0.2, 0.25) is 5.91 Å². The summed E-state index contributed by atoms with van der Waals surface area (Å²) in [7, 11) is 0. The molecule has 0 saturated heterocycles. The molecule has 1 aliphatic rings. The smallest absolute Gasteiger partial charge is 0.257 e. The number of halogens is 2. The molecular weight excluding hydrogens is 235 g/mol. The van der Waals surface area contributed by atoms with Crippen LogP contribution in [0.4, 0.5) is 10.1 Å². The molecule has 1 aliphatic heterocycles. The van der Waals surface area contributed by atoms with E-state index in [4.69, 9.17) is 11.6 Å². The summed E-state index contributed by atoms with van der Waals surface area (Å²) in [4.78, 5) is 23.1. The first kappa shape index (κ1) is 10.9. The maximum atomic E-state index is 13.5. The number of nitrogens with one attached hydrogen (secondary N) is 2. The molecule has 1 heterocycles. The van der Waals surface area contributed by atoms with Crippen molar-refractivity contribution >= 4 is 29.1 Å². The van der Waals surface area contributed by atoms with Gasteiger partial charge >= 0.3 is 0 Å². The Morgan fingerprint density at radius 1 is 1.38 bits per heavy atom. The lowest BCUT2D eigenvalue weighted by Gasteiger charge is -2.07. The quantitative estimate of drug-likeness (QED) is 0.725. The molecule has 2 rings (SSSR count). The Labute approximate surface area is 95.8 Å². The van der Waals surface area contributed by atoms with Gasteiger partial charge in [-0.05, 0) is 19.1 Å². The van der Waals surface area contributed by atoms with Crippen molar-refractivity contribution < 1.29 is 14.0 Å². The number of rotatable bonds is 0. The molecule has 0 aromatic heterocycles. The Hall–Kier alpha value is -1.62. The number of hydrogen-bond acceptors (Lipinski definition) is 2. The maximum absolute atomic E-state index is 13.5. The van der Waals surface area contributed by atoms with Crippen LogP contribution in [0.5, 0.6) is 0 Å². The van der Waals surface area contributed by atoms with Gasteiger partial charge in [-0.15, -0.1) is 0 Å². The van der Waals surface area contributed by atoms with Crippen molar-refractivity contribution in [2.75, 3.05) is 5.32 Å². The second kappa shape index (κ2) is 3.75. The number of amides is 2. The SMILES string of the molecule is CC1NC(=O)c2c(F)ccc(Cl)c2NC1=O. The molecule has 0 spiro atoms. The van der Waals surface area contributed by atoms with Crippen molar-refractivity contribution in [3.63, 3.8) is 0 Å². The molecule has 1 aromatic carbocycles. The van der Waals surface area contributed by atoms with Gasteiger partial charge in [-0.1, -0.05) is 11.6 Å². The molecule has 0 aliphatic carbocycles. The van der Waals surface area contributed by atoms with Crippen molar-refractivity contribution in [3.8, 4) is 0 Å². The molecule has 0 saturated carbocycles. The van der Waals surface area contributed by atoms with Gasteiger partial charge in [-0.25, -0.2) is 4.39 Å². The summed E-state index contributed by atoms with van der Waals surface area (Å²) in [6.45, 7) is 1.50. The standard InChI is InChI=1S/C10H8ClFN2O2/c1-4-9(15)14-8-5(11)2-3-6(12)7(8)10(16)13-4/h2-4H,1H3,(H,13,16)(H,14,15). The summed E-state index contributed by atoms with van der Waals surface area (Å²) >= 11 is 5.80. The Bertz CT molecular complexity index is 490. The lowest BCUT2D eigenvalue weighted by Crippen LogP contribution is -2.38. The van der Waals surface area contributed by atoms with Crippen LogP contribution in [-0.4, -0.2) is 17.9 Å². The van der Waals surface area contributed by atoms with E-state index in [1.807, 2.05) is 0 Å². The molecular formula is C10H8ClFN2O2. The molecule has 6 heteroatoms. The fourth-order valence-corrected chi connectivity index (χ4v) is 1.67. The molecule has 1 atom stereocenters. The highest BCUT2D eigenvalue weighted by atomic mass is 35.5. The zero-order valence-electron chi connectivity index (χ0n) is 8.30. The van der Waals surface area contributed by atoms with Crippen LogP contribution >= 0.6 is 11.6 Å². The second-order valence-electron chi connectivity index (χ2n) is 3.46. The molecule has 0 radical (unpaired) electrons. The van der Waals surface area contributed by atoms with Gasteiger partial charge in [0.1, 0.15) is 17.4 Å². The van der Waals surface area contributed by atoms with Crippen LogP contribution in [0.25, 0.3) is 0 Å². The highest BCUT2D eigenvalue weighted by molar-refractivity contribution is 6.35. The van der Waals surface area contributed by atoms with Gasteiger partial charge in [0.05, 0.1) is 10.7 Å². The summed E-state index contributed by atoms with van der Waals surface area (Å²) < 4.78 is 13.5. The number of fused-ring (bicyclic) bond motifs is 1.